The zero-order valence-electron chi connectivity index (χ0n) is 6.66. The van der Waals surface area contributed by atoms with Gasteiger partial charge >= 0.3 is 6.18 Å². The van der Waals surface area contributed by atoms with E-state index >= 15 is 0 Å². The summed E-state index contributed by atoms with van der Waals surface area (Å²) in [6.07, 6.45) is -3.84. The summed E-state index contributed by atoms with van der Waals surface area (Å²) >= 11 is 2.05. The topological polar surface area (TPSA) is 0 Å². The third-order valence-corrected chi connectivity index (χ3v) is 2.13. The van der Waals surface area contributed by atoms with Gasteiger partial charge in [-0.3, -0.25) is 0 Å². The van der Waals surface area contributed by atoms with Crippen molar-refractivity contribution < 1.29 is 13.2 Å². The standard InChI is InChI=1S/C9H7F3I/c10-9(11,12)8-4-2-1-3-7(8)5-6-13/h1-3H,5-6H2. The summed E-state index contributed by atoms with van der Waals surface area (Å²) < 4.78 is 37.7. The highest BCUT2D eigenvalue weighted by atomic mass is 127. The summed E-state index contributed by atoms with van der Waals surface area (Å²) in [5, 5.41) is 0. The van der Waals surface area contributed by atoms with Crippen molar-refractivity contribution in [1.82, 2.24) is 0 Å². The molecular weight excluding hydrogens is 292 g/mol. The van der Waals surface area contributed by atoms with Crippen LogP contribution < -0.4 is 0 Å². The van der Waals surface area contributed by atoms with Crippen LogP contribution in [-0.4, -0.2) is 4.43 Å². The first-order valence-electron chi connectivity index (χ1n) is 3.68. The molecule has 0 unspecified atom stereocenters. The van der Waals surface area contributed by atoms with Gasteiger partial charge in [0.05, 0.1) is 5.56 Å². The first-order valence-corrected chi connectivity index (χ1v) is 5.21. The number of hydrogen-bond donors (Lipinski definition) is 0. The van der Waals surface area contributed by atoms with E-state index in [2.05, 4.69) is 28.7 Å². The van der Waals surface area contributed by atoms with E-state index in [1.807, 2.05) is 0 Å². The van der Waals surface area contributed by atoms with E-state index < -0.39 is 11.7 Å². The predicted molar refractivity (Wildman–Crippen MR) is 52.9 cm³/mol. The number of benzene rings is 1. The summed E-state index contributed by atoms with van der Waals surface area (Å²) in [6, 6.07) is 6.60. The molecule has 0 heterocycles. The molecular formula is C9H7F3I. The Bertz CT molecular complexity index is 280. The van der Waals surface area contributed by atoms with Gasteiger partial charge < -0.3 is 0 Å². The number of halogens is 4. The molecule has 13 heavy (non-hydrogen) atoms. The van der Waals surface area contributed by atoms with Gasteiger partial charge in [-0.1, -0.05) is 40.8 Å². The van der Waals surface area contributed by atoms with Crippen LogP contribution in [0.3, 0.4) is 0 Å². The second kappa shape index (κ2) is 4.30. The highest BCUT2D eigenvalue weighted by molar-refractivity contribution is 14.1. The van der Waals surface area contributed by atoms with Gasteiger partial charge in [-0.05, 0) is 18.1 Å². The molecule has 0 aliphatic rings. The van der Waals surface area contributed by atoms with Crippen LogP contribution in [0.4, 0.5) is 13.2 Å². The maximum absolute atomic E-state index is 12.3. The third kappa shape index (κ3) is 2.86. The molecule has 0 saturated carbocycles. The Hall–Kier alpha value is -0.260. The lowest BCUT2D eigenvalue weighted by atomic mass is 10.1. The largest absolute Gasteiger partial charge is 0.417 e. The summed E-state index contributed by atoms with van der Waals surface area (Å²) in [5.74, 6) is 0. The third-order valence-electron chi connectivity index (χ3n) is 1.59. The summed E-state index contributed by atoms with van der Waals surface area (Å²) in [6.45, 7) is 0. The lowest BCUT2D eigenvalue weighted by molar-refractivity contribution is -0.138. The van der Waals surface area contributed by atoms with E-state index in [0.29, 0.717) is 16.4 Å². The van der Waals surface area contributed by atoms with Crippen LogP contribution in [0.5, 0.6) is 0 Å². The van der Waals surface area contributed by atoms with Crippen LogP contribution in [0, 0.1) is 6.07 Å². The molecule has 0 nitrogen and oxygen atoms in total. The van der Waals surface area contributed by atoms with E-state index in [1.54, 1.807) is 6.07 Å². The van der Waals surface area contributed by atoms with Crippen LogP contribution >= 0.6 is 22.6 Å². The van der Waals surface area contributed by atoms with E-state index in [9.17, 15) is 13.2 Å². The van der Waals surface area contributed by atoms with Gasteiger partial charge in [-0.15, -0.1) is 0 Å². The maximum atomic E-state index is 12.3. The van der Waals surface area contributed by atoms with Crippen LogP contribution in [0.1, 0.15) is 11.1 Å². The highest BCUT2D eigenvalue weighted by Gasteiger charge is 2.32. The average Bonchev–Trinajstić information content (AvgIpc) is 2.04. The Kier molecular flexibility index (Phi) is 3.58. The monoisotopic (exact) mass is 299 g/mol. The quantitative estimate of drug-likeness (QED) is 0.579. The first-order chi connectivity index (χ1) is 6.05. The zero-order valence-corrected chi connectivity index (χ0v) is 8.82. The van der Waals surface area contributed by atoms with Gasteiger partial charge in [0.2, 0.25) is 0 Å². The molecule has 0 bridgehead atoms. The average molecular weight is 299 g/mol. The SMILES string of the molecule is FC(F)(F)c1[c]cccc1CCI. The van der Waals surface area contributed by atoms with Gasteiger partial charge in [-0.25, -0.2) is 0 Å². The molecule has 71 valence electrons. The van der Waals surface area contributed by atoms with E-state index in [4.69, 9.17) is 0 Å². The highest BCUT2D eigenvalue weighted by Crippen LogP contribution is 2.31. The molecule has 0 atom stereocenters. The molecule has 0 fully saturated rings. The van der Waals surface area contributed by atoms with Gasteiger partial charge in [0.25, 0.3) is 0 Å². The lowest BCUT2D eigenvalue weighted by Crippen LogP contribution is -2.09. The number of hydrogen-bond acceptors (Lipinski definition) is 0. The van der Waals surface area contributed by atoms with Crippen LogP contribution in [0.15, 0.2) is 18.2 Å². The fourth-order valence-electron chi connectivity index (χ4n) is 1.05. The lowest BCUT2D eigenvalue weighted by Gasteiger charge is -2.10. The molecule has 0 aliphatic heterocycles. The molecule has 0 N–H and O–H groups in total. The number of rotatable bonds is 2. The number of alkyl halides is 4. The van der Waals surface area contributed by atoms with Crippen molar-refractivity contribution in [1.29, 1.82) is 0 Å². The predicted octanol–water partition coefficient (Wildman–Crippen LogP) is 3.48. The first kappa shape index (κ1) is 10.8. The Morgan fingerprint density at radius 1 is 1.38 bits per heavy atom. The second-order valence-corrected chi connectivity index (χ2v) is 3.59. The summed E-state index contributed by atoms with van der Waals surface area (Å²) in [4.78, 5) is 0. The van der Waals surface area contributed by atoms with E-state index in [1.165, 1.54) is 12.1 Å². The normalized spacial score (nSPS) is 11.7. The minimum absolute atomic E-state index is 0.324. The smallest absolute Gasteiger partial charge is 0.166 e. The fourth-order valence-corrected chi connectivity index (χ4v) is 1.63. The zero-order chi connectivity index (χ0) is 9.90. The maximum Gasteiger partial charge on any atom is 0.417 e. The van der Waals surface area contributed by atoms with Crippen molar-refractivity contribution in [3.63, 3.8) is 0 Å². The van der Waals surface area contributed by atoms with Crippen LogP contribution in [-0.2, 0) is 12.6 Å². The van der Waals surface area contributed by atoms with Crippen molar-refractivity contribution in [2.75, 3.05) is 4.43 Å². The molecule has 4 heteroatoms. The van der Waals surface area contributed by atoms with E-state index in [-0.39, 0.29) is 0 Å². The molecule has 0 amide bonds. The minimum Gasteiger partial charge on any atom is -0.166 e. The molecule has 1 aromatic rings. The van der Waals surface area contributed by atoms with Gasteiger partial charge in [0.1, 0.15) is 0 Å². The summed E-state index contributed by atoms with van der Waals surface area (Å²) in [7, 11) is 0. The molecule has 0 aromatic heterocycles. The Morgan fingerprint density at radius 2 is 2.08 bits per heavy atom. The molecule has 1 radical (unpaired) electrons. The van der Waals surface area contributed by atoms with Gasteiger partial charge in [0, 0.05) is 4.43 Å². The molecule has 1 aromatic carbocycles. The fraction of sp³-hybridized carbons (Fsp3) is 0.333. The Labute approximate surface area is 88.3 Å². The van der Waals surface area contributed by atoms with Crippen molar-refractivity contribution in [2.24, 2.45) is 0 Å². The van der Waals surface area contributed by atoms with Crippen molar-refractivity contribution >= 4 is 22.6 Å². The summed E-state index contributed by atoms with van der Waals surface area (Å²) in [5.41, 5.74) is -0.309. The van der Waals surface area contributed by atoms with Crippen molar-refractivity contribution in [3.8, 4) is 0 Å². The van der Waals surface area contributed by atoms with E-state index in [0.717, 1.165) is 0 Å². The van der Waals surface area contributed by atoms with Crippen molar-refractivity contribution in [2.45, 2.75) is 12.6 Å². The minimum atomic E-state index is -4.28. The number of aryl methyl sites for hydroxylation is 1. The Balaban J connectivity index is 3.05. The molecule has 1 rings (SSSR count). The van der Waals surface area contributed by atoms with Crippen molar-refractivity contribution in [3.05, 3.63) is 35.4 Å². The van der Waals surface area contributed by atoms with Crippen LogP contribution in [0.25, 0.3) is 0 Å². The Morgan fingerprint density at radius 3 is 2.62 bits per heavy atom. The van der Waals surface area contributed by atoms with Crippen LogP contribution in [0.2, 0.25) is 0 Å². The van der Waals surface area contributed by atoms with Gasteiger partial charge in [0.15, 0.2) is 0 Å². The molecule has 0 saturated heterocycles. The molecule has 0 spiro atoms. The second-order valence-electron chi connectivity index (χ2n) is 2.51. The molecule has 0 aliphatic carbocycles. The van der Waals surface area contributed by atoms with Gasteiger partial charge in [-0.2, -0.15) is 13.2 Å².